The third-order valence-electron chi connectivity index (χ3n) is 10.7. The van der Waals surface area contributed by atoms with E-state index in [2.05, 4.69) is 12.2 Å². The van der Waals surface area contributed by atoms with Crippen molar-refractivity contribution in [1.82, 2.24) is 0 Å². The normalized spacial score (nSPS) is 16.6. The van der Waals surface area contributed by atoms with E-state index >= 15 is 0 Å². The van der Waals surface area contributed by atoms with E-state index in [1.54, 1.807) is 34.5 Å². The highest BCUT2D eigenvalue weighted by molar-refractivity contribution is 6.09. The van der Waals surface area contributed by atoms with Gasteiger partial charge in [0.2, 0.25) is 0 Å². The van der Waals surface area contributed by atoms with Gasteiger partial charge in [-0.2, -0.15) is 13.2 Å². The van der Waals surface area contributed by atoms with Crippen LogP contribution in [0.3, 0.4) is 0 Å². The summed E-state index contributed by atoms with van der Waals surface area (Å²) in [5.74, 6) is 3.12. The maximum Gasteiger partial charge on any atom is 0.416 e. The van der Waals surface area contributed by atoms with Gasteiger partial charge in [0, 0.05) is 27.5 Å². The molecule has 0 unspecified atom stereocenters. The second-order valence-corrected chi connectivity index (χ2v) is 12.9. The van der Waals surface area contributed by atoms with Crippen LogP contribution in [0.2, 0.25) is 0 Å². The number of benzene rings is 5. The third-order valence-corrected chi connectivity index (χ3v) is 10.7. The number of hydrogen-bond acceptors (Lipinski definition) is 5. The number of ether oxygens (including phenoxy) is 5. The molecule has 49 heavy (non-hydrogen) atoms. The second kappa shape index (κ2) is 11.2. The molecule has 5 nitrogen and oxygen atoms in total. The number of fused-ring (bicyclic) bond motifs is 10. The monoisotopic (exact) mass is 664 g/mol. The van der Waals surface area contributed by atoms with Crippen molar-refractivity contribution in [3.8, 4) is 39.9 Å². The number of alkyl halides is 3. The van der Waals surface area contributed by atoms with Gasteiger partial charge in [-0.15, -0.1) is 0 Å². The molecule has 5 aromatic carbocycles. The zero-order chi connectivity index (χ0) is 34.1. The van der Waals surface area contributed by atoms with E-state index in [-0.39, 0.29) is 0 Å². The number of halogens is 3. The van der Waals surface area contributed by atoms with Crippen LogP contribution in [0.4, 0.5) is 13.2 Å². The molecule has 0 radical (unpaired) electrons. The highest BCUT2D eigenvalue weighted by Gasteiger charge is 2.50. The van der Waals surface area contributed by atoms with Crippen LogP contribution in [-0.4, -0.2) is 28.4 Å². The molecule has 5 aromatic rings. The fourth-order valence-corrected chi connectivity index (χ4v) is 8.36. The summed E-state index contributed by atoms with van der Waals surface area (Å²) >= 11 is 0. The molecule has 1 spiro atoms. The summed E-state index contributed by atoms with van der Waals surface area (Å²) in [6.45, 7) is 0. The van der Waals surface area contributed by atoms with Crippen LogP contribution in [-0.2, 0) is 17.2 Å². The average molecular weight is 665 g/mol. The van der Waals surface area contributed by atoms with E-state index in [0.29, 0.717) is 28.7 Å². The Kier molecular flexibility index (Phi) is 7.14. The van der Waals surface area contributed by atoms with Crippen LogP contribution in [0.15, 0.2) is 84.9 Å². The lowest BCUT2D eigenvalue weighted by Crippen LogP contribution is -2.35. The molecule has 1 aliphatic heterocycles. The Balaban J connectivity index is 1.46. The van der Waals surface area contributed by atoms with E-state index in [4.69, 9.17) is 23.7 Å². The molecular weight excluding hydrogens is 629 g/mol. The zero-order valence-electron chi connectivity index (χ0n) is 27.7. The van der Waals surface area contributed by atoms with Crippen molar-refractivity contribution in [2.24, 2.45) is 0 Å². The van der Waals surface area contributed by atoms with Crippen LogP contribution in [0.1, 0.15) is 59.1 Å². The number of methoxy groups -OCH3 is 4. The molecule has 0 amide bonds. The molecule has 0 atom stereocenters. The molecule has 3 aliphatic rings. The molecule has 1 fully saturated rings. The number of rotatable bonds is 6. The van der Waals surface area contributed by atoms with Gasteiger partial charge < -0.3 is 23.7 Å². The summed E-state index contributed by atoms with van der Waals surface area (Å²) in [7, 11) is 6.43. The highest BCUT2D eigenvalue weighted by Crippen LogP contribution is 2.63. The van der Waals surface area contributed by atoms with Gasteiger partial charge in [0.05, 0.1) is 34.0 Å². The first-order chi connectivity index (χ1) is 23.7. The Labute approximate surface area is 282 Å². The van der Waals surface area contributed by atoms with Gasteiger partial charge in [-0.1, -0.05) is 49.2 Å². The fraction of sp³-hybridized carbons (Fsp3) is 0.268. The average Bonchev–Trinajstić information content (AvgIpc) is 3.74. The molecule has 1 saturated carbocycles. The molecule has 8 rings (SSSR count). The van der Waals surface area contributed by atoms with Gasteiger partial charge in [-0.05, 0) is 95.1 Å². The van der Waals surface area contributed by atoms with Gasteiger partial charge in [-0.3, -0.25) is 0 Å². The van der Waals surface area contributed by atoms with Crippen molar-refractivity contribution < 1.29 is 36.9 Å². The van der Waals surface area contributed by atoms with Crippen molar-refractivity contribution in [3.05, 3.63) is 118 Å². The van der Waals surface area contributed by atoms with Crippen LogP contribution < -0.4 is 23.7 Å². The summed E-state index contributed by atoms with van der Waals surface area (Å²) in [6.07, 6.45) is 3.05. The van der Waals surface area contributed by atoms with Crippen molar-refractivity contribution in [2.75, 3.05) is 28.4 Å². The first kappa shape index (κ1) is 31.2. The minimum Gasteiger partial charge on any atom is -0.497 e. The third kappa shape index (κ3) is 4.52. The summed E-state index contributed by atoms with van der Waals surface area (Å²) in [5.41, 5.74) is 3.84. The Morgan fingerprint density at radius 2 is 1.24 bits per heavy atom. The van der Waals surface area contributed by atoms with E-state index in [1.165, 1.54) is 12.1 Å². The van der Waals surface area contributed by atoms with Gasteiger partial charge in [0.1, 0.15) is 17.2 Å². The van der Waals surface area contributed by atoms with Crippen molar-refractivity contribution in [1.29, 1.82) is 0 Å². The smallest absolute Gasteiger partial charge is 0.416 e. The standard InChI is InChI=1S/C41H35F3O5/c1-45-27-12-7-24(8-13-27)40(25-9-14-28(46-2)15-10-25)20-17-30-37-36(31-22-34(47-3)35(48-4)23-32(31)38(30)49-40)29-16-11-26(41(42,43)44)21-33(29)39(37)18-5-6-19-39/h7-17,20-23H,5-6,18-19H2,1-4H3. The topological polar surface area (TPSA) is 46.2 Å². The molecular formula is C41H35F3O5. The lowest BCUT2D eigenvalue weighted by atomic mass is 9.73. The van der Waals surface area contributed by atoms with Crippen molar-refractivity contribution in [2.45, 2.75) is 42.9 Å². The molecule has 8 heteroatoms. The van der Waals surface area contributed by atoms with E-state index in [9.17, 15) is 13.2 Å². The van der Waals surface area contributed by atoms with Crippen LogP contribution >= 0.6 is 0 Å². The second-order valence-electron chi connectivity index (χ2n) is 12.9. The predicted octanol–water partition coefficient (Wildman–Crippen LogP) is 10.1. The molecule has 0 saturated heterocycles. The molecule has 250 valence electrons. The predicted molar refractivity (Wildman–Crippen MR) is 183 cm³/mol. The van der Waals surface area contributed by atoms with Crippen LogP contribution in [0.5, 0.6) is 28.7 Å². The molecule has 0 bridgehead atoms. The van der Waals surface area contributed by atoms with Crippen molar-refractivity contribution in [3.63, 3.8) is 0 Å². The highest BCUT2D eigenvalue weighted by atomic mass is 19.4. The van der Waals surface area contributed by atoms with E-state index < -0.39 is 22.8 Å². The molecule has 0 aromatic heterocycles. The lowest BCUT2D eigenvalue weighted by molar-refractivity contribution is -0.137. The van der Waals surface area contributed by atoms with Crippen LogP contribution in [0.25, 0.3) is 28.0 Å². The van der Waals surface area contributed by atoms with Gasteiger partial charge >= 0.3 is 6.18 Å². The quantitative estimate of drug-likeness (QED) is 0.181. The first-order valence-corrected chi connectivity index (χ1v) is 16.3. The zero-order valence-corrected chi connectivity index (χ0v) is 27.7. The first-order valence-electron chi connectivity index (χ1n) is 16.3. The molecule has 1 heterocycles. The summed E-state index contributed by atoms with van der Waals surface area (Å²) < 4.78 is 72.5. The lowest BCUT2D eigenvalue weighted by Gasteiger charge is -2.39. The van der Waals surface area contributed by atoms with Gasteiger partial charge in [0.15, 0.2) is 17.1 Å². The summed E-state index contributed by atoms with van der Waals surface area (Å²) in [6, 6.07) is 23.7. The maximum absolute atomic E-state index is 14.2. The molecule has 2 aliphatic carbocycles. The fourth-order valence-electron chi connectivity index (χ4n) is 8.36. The summed E-state index contributed by atoms with van der Waals surface area (Å²) in [4.78, 5) is 0. The van der Waals surface area contributed by atoms with E-state index in [1.807, 2.05) is 60.7 Å². The van der Waals surface area contributed by atoms with Crippen molar-refractivity contribution >= 4 is 16.8 Å². The minimum absolute atomic E-state index is 0.524. The summed E-state index contributed by atoms with van der Waals surface area (Å²) in [5, 5.41) is 1.62. The minimum atomic E-state index is -4.46. The SMILES string of the molecule is COc1ccc(C2(c3ccc(OC)cc3)C=Cc3c4c(c5cc(OC)c(OC)cc5c3O2)-c2ccc(C(F)(F)F)cc2C42CCCC2)cc1. The Bertz CT molecular complexity index is 2080. The van der Waals surface area contributed by atoms with E-state index in [0.717, 1.165) is 75.4 Å². The Morgan fingerprint density at radius 3 is 1.78 bits per heavy atom. The maximum atomic E-state index is 14.2. The van der Waals surface area contributed by atoms with Gasteiger partial charge in [0.25, 0.3) is 0 Å². The Morgan fingerprint density at radius 1 is 0.673 bits per heavy atom. The van der Waals surface area contributed by atoms with Crippen LogP contribution in [0, 0.1) is 0 Å². The Hall–Kier alpha value is -5.11. The molecule has 0 N–H and O–H groups in total. The van der Waals surface area contributed by atoms with Gasteiger partial charge in [-0.25, -0.2) is 0 Å². The largest absolute Gasteiger partial charge is 0.497 e. The number of hydrogen-bond donors (Lipinski definition) is 0.